The summed E-state index contributed by atoms with van der Waals surface area (Å²) in [5, 5.41) is 11.8. The highest BCUT2D eigenvalue weighted by atomic mass is 32.2. The van der Waals surface area contributed by atoms with Crippen molar-refractivity contribution in [2.75, 3.05) is 6.26 Å². The van der Waals surface area contributed by atoms with Crippen molar-refractivity contribution in [1.29, 1.82) is 0 Å². The minimum absolute atomic E-state index is 0.0213. The van der Waals surface area contributed by atoms with Crippen molar-refractivity contribution < 1.29 is 14.7 Å². The molecule has 1 atom stereocenters. The van der Waals surface area contributed by atoms with E-state index >= 15 is 0 Å². The number of nitrogens with one attached hydrogen (secondary N) is 1. The van der Waals surface area contributed by atoms with Gasteiger partial charge in [0.15, 0.2) is 0 Å². The Morgan fingerprint density at radius 2 is 1.85 bits per heavy atom. The van der Waals surface area contributed by atoms with E-state index in [0.29, 0.717) is 5.56 Å². The normalized spacial score (nSPS) is 13.8. The molecule has 1 amide bonds. The van der Waals surface area contributed by atoms with Crippen LogP contribution < -0.4 is 5.32 Å². The van der Waals surface area contributed by atoms with E-state index in [9.17, 15) is 9.59 Å². The lowest BCUT2D eigenvalue weighted by atomic mass is 9.85. The Morgan fingerprint density at radius 3 is 2.25 bits per heavy atom. The van der Waals surface area contributed by atoms with Gasteiger partial charge in [-0.15, -0.1) is 11.8 Å². The molecule has 20 heavy (non-hydrogen) atoms. The van der Waals surface area contributed by atoms with E-state index in [4.69, 9.17) is 5.11 Å². The second-order valence-electron chi connectivity index (χ2n) is 5.33. The number of hydrogen-bond donors (Lipinski definition) is 2. The molecular formula is C15H21NO3S. The molecule has 1 unspecified atom stereocenters. The van der Waals surface area contributed by atoms with Crippen LogP contribution in [0.1, 0.15) is 37.6 Å². The number of carbonyl (C=O) groups is 2. The second-order valence-corrected chi connectivity index (χ2v) is 6.20. The van der Waals surface area contributed by atoms with E-state index in [-0.39, 0.29) is 18.2 Å². The van der Waals surface area contributed by atoms with Crippen LogP contribution in [0.2, 0.25) is 0 Å². The van der Waals surface area contributed by atoms with Crippen molar-refractivity contribution in [2.24, 2.45) is 5.92 Å². The SMILES string of the molecule is CSc1ccc(C(=O)NC(C)(CC(=O)O)C(C)C)cc1. The number of aliphatic carboxylic acids is 1. The zero-order chi connectivity index (χ0) is 15.3. The lowest BCUT2D eigenvalue weighted by molar-refractivity contribution is -0.138. The van der Waals surface area contributed by atoms with E-state index in [2.05, 4.69) is 5.32 Å². The first-order valence-corrected chi connectivity index (χ1v) is 7.69. The fourth-order valence-electron chi connectivity index (χ4n) is 1.78. The third-order valence-electron chi connectivity index (χ3n) is 3.54. The molecule has 0 spiro atoms. The predicted molar refractivity (Wildman–Crippen MR) is 81.2 cm³/mol. The number of carboxylic acids is 1. The molecule has 4 nitrogen and oxygen atoms in total. The number of carbonyl (C=O) groups excluding carboxylic acids is 1. The first-order valence-electron chi connectivity index (χ1n) is 6.47. The Bertz CT molecular complexity index is 484. The molecule has 5 heteroatoms. The molecule has 110 valence electrons. The van der Waals surface area contributed by atoms with Gasteiger partial charge < -0.3 is 10.4 Å². The van der Waals surface area contributed by atoms with Gasteiger partial charge in [-0.1, -0.05) is 13.8 Å². The molecule has 1 aromatic rings. The maximum absolute atomic E-state index is 12.2. The molecular weight excluding hydrogens is 274 g/mol. The van der Waals surface area contributed by atoms with Gasteiger partial charge in [0.05, 0.1) is 12.0 Å². The van der Waals surface area contributed by atoms with E-state index in [1.165, 1.54) is 0 Å². The number of thioether (sulfide) groups is 1. The maximum Gasteiger partial charge on any atom is 0.305 e. The van der Waals surface area contributed by atoms with Crippen LogP contribution in [-0.4, -0.2) is 28.8 Å². The summed E-state index contributed by atoms with van der Waals surface area (Å²) in [4.78, 5) is 24.3. The number of rotatable bonds is 6. The van der Waals surface area contributed by atoms with Gasteiger partial charge in [0.2, 0.25) is 0 Å². The molecule has 1 aromatic carbocycles. The van der Waals surface area contributed by atoms with Crippen LogP contribution in [0.15, 0.2) is 29.2 Å². The average molecular weight is 295 g/mol. The van der Waals surface area contributed by atoms with Crippen molar-refractivity contribution in [3.8, 4) is 0 Å². The van der Waals surface area contributed by atoms with Crippen LogP contribution in [0.4, 0.5) is 0 Å². The quantitative estimate of drug-likeness (QED) is 0.792. The monoisotopic (exact) mass is 295 g/mol. The summed E-state index contributed by atoms with van der Waals surface area (Å²) in [6.07, 6.45) is 1.87. The topological polar surface area (TPSA) is 66.4 Å². The fraction of sp³-hybridized carbons (Fsp3) is 0.467. The lowest BCUT2D eigenvalue weighted by Crippen LogP contribution is -2.51. The smallest absolute Gasteiger partial charge is 0.305 e. The molecule has 0 aliphatic rings. The van der Waals surface area contributed by atoms with Gasteiger partial charge in [-0.3, -0.25) is 9.59 Å². The van der Waals surface area contributed by atoms with Crippen LogP contribution in [0, 0.1) is 5.92 Å². The zero-order valence-electron chi connectivity index (χ0n) is 12.3. The molecule has 0 bridgehead atoms. The summed E-state index contributed by atoms with van der Waals surface area (Å²) in [6.45, 7) is 5.57. The largest absolute Gasteiger partial charge is 0.481 e. The zero-order valence-corrected chi connectivity index (χ0v) is 13.1. The highest BCUT2D eigenvalue weighted by Crippen LogP contribution is 2.22. The summed E-state index contributed by atoms with van der Waals surface area (Å²) in [5.41, 5.74) is -0.221. The van der Waals surface area contributed by atoms with E-state index in [1.54, 1.807) is 30.8 Å². The van der Waals surface area contributed by atoms with Crippen molar-refractivity contribution >= 4 is 23.6 Å². The number of carboxylic acid groups (broad SMARTS) is 1. The lowest BCUT2D eigenvalue weighted by Gasteiger charge is -2.33. The molecule has 0 aliphatic carbocycles. The van der Waals surface area contributed by atoms with Crippen molar-refractivity contribution in [3.63, 3.8) is 0 Å². The number of benzene rings is 1. The van der Waals surface area contributed by atoms with Crippen LogP contribution >= 0.6 is 11.8 Å². The maximum atomic E-state index is 12.2. The van der Waals surface area contributed by atoms with Gasteiger partial charge in [0, 0.05) is 10.5 Å². The predicted octanol–water partition coefficient (Wildman–Crippen LogP) is 3.03. The minimum Gasteiger partial charge on any atom is -0.481 e. The minimum atomic E-state index is -0.917. The van der Waals surface area contributed by atoms with Gasteiger partial charge in [-0.2, -0.15) is 0 Å². The van der Waals surface area contributed by atoms with Gasteiger partial charge in [0.1, 0.15) is 0 Å². The molecule has 1 rings (SSSR count). The van der Waals surface area contributed by atoms with Crippen molar-refractivity contribution in [3.05, 3.63) is 29.8 Å². The Morgan fingerprint density at radius 1 is 1.30 bits per heavy atom. The van der Waals surface area contributed by atoms with Crippen molar-refractivity contribution in [1.82, 2.24) is 5.32 Å². The highest BCUT2D eigenvalue weighted by Gasteiger charge is 2.33. The van der Waals surface area contributed by atoms with Crippen LogP contribution in [0.3, 0.4) is 0 Å². The first kappa shape index (κ1) is 16.6. The third-order valence-corrected chi connectivity index (χ3v) is 4.29. The molecule has 0 aliphatic heterocycles. The Hall–Kier alpha value is -1.49. The first-order chi connectivity index (χ1) is 9.28. The molecule has 0 aromatic heterocycles. The molecule has 2 N–H and O–H groups in total. The molecule has 0 saturated heterocycles. The van der Waals surface area contributed by atoms with Gasteiger partial charge in [-0.25, -0.2) is 0 Å². The van der Waals surface area contributed by atoms with E-state index in [1.807, 2.05) is 32.2 Å². The third kappa shape index (κ3) is 4.27. The van der Waals surface area contributed by atoms with E-state index < -0.39 is 11.5 Å². The average Bonchev–Trinajstić information content (AvgIpc) is 2.37. The number of amides is 1. The van der Waals surface area contributed by atoms with Crippen LogP contribution in [0.5, 0.6) is 0 Å². The molecule has 0 saturated carbocycles. The molecule has 0 heterocycles. The summed E-state index contributed by atoms with van der Waals surface area (Å²) < 4.78 is 0. The van der Waals surface area contributed by atoms with Crippen LogP contribution in [0.25, 0.3) is 0 Å². The van der Waals surface area contributed by atoms with Gasteiger partial charge in [-0.05, 0) is 43.4 Å². The Kier molecular flexibility index (Phi) is 5.62. The van der Waals surface area contributed by atoms with Gasteiger partial charge in [0.25, 0.3) is 5.91 Å². The summed E-state index contributed by atoms with van der Waals surface area (Å²) in [6, 6.07) is 7.26. The molecule has 0 radical (unpaired) electrons. The summed E-state index contributed by atoms with van der Waals surface area (Å²) in [5.74, 6) is -1.14. The summed E-state index contributed by atoms with van der Waals surface area (Å²) >= 11 is 1.61. The van der Waals surface area contributed by atoms with Crippen LogP contribution in [-0.2, 0) is 4.79 Å². The standard InChI is InChI=1S/C15H21NO3S/c1-10(2)15(3,9-13(17)18)16-14(19)11-5-7-12(20-4)8-6-11/h5-8,10H,9H2,1-4H3,(H,16,19)(H,17,18). The second kappa shape index (κ2) is 6.79. The van der Waals surface area contributed by atoms with E-state index in [0.717, 1.165) is 4.90 Å². The Labute approximate surface area is 124 Å². The summed E-state index contributed by atoms with van der Waals surface area (Å²) in [7, 11) is 0. The molecule has 0 fully saturated rings. The van der Waals surface area contributed by atoms with Gasteiger partial charge >= 0.3 is 5.97 Å². The fourth-order valence-corrected chi connectivity index (χ4v) is 2.19. The Balaban J connectivity index is 2.87. The highest BCUT2D eigenvalue weighted by molar-refractivity contribution is 7.98. The van der Waals surface area contributed by atoms with Crippen molar-refractivity contribution in [2.45, 2.75) is 37.6 Å². The number of hydrogen-bond acceptors (Lipinski definition) is 3.